The number of alkyl halides is 3. The summed E-state index contributed by atoms with van der Waals surface area (Å²) >= 11 is 1.17. The van der Waals surface area contributed by atoms with Crippen molar-refractivity contribution < 1.29 is 31.8 Å². The second kappa shape index (κ2) is 12.3. The predicted molar refractivity (Wildman–Crippen MR) is 157 cm³/mol. The predicted octanol–water partition coefficient (Wildman–Crippen LogP) is 4.97. The second-order valence-corrected chi connectivity index (χ2v) is 11.7. The molecule has 2 aliphatic heterocycles. The second-order valence-electron chi connectivity index (χ2n) is 10.7. The van der Waals surface area contributed by atoms with Gasteiger partial charge in [0.2, 0.25) is 5.91 Å². The maximum Gasteiger partial charge on any atom is 0.417 e. The van der Waals surface area contributed by atoms with Crippen LogP contribution in [0.25, 0.3) is 22.0 Å². The maximum atomic E-state index is 14.8. The number of anilines is 1. The van der Waals surface area contributed by atoms with Crippen LogP contribution in [0.1, 0.15) is 19.4 Å². The first kappa shape index (κ1) is 31.0. The lowest BCUT2D eigenvalue weighted by atomic mass is 9.96. The Hall–Kier alpha value is -3.42. The van der Waals surface area contributed by atoms with E-state index in [2.05, 4.69) is 11.6 Å². The number of rotatable bonds is 7. The van der Waals surface area contributed by atoms with Crippen LogP contribution in [-0.4, -0.2) is 77.7 Å². The summed E-state index contributed by atoms with van der Waals surface area (Å²) in [6.45, 7) is 8.37. The molecular weight excluding hydrogens is 588 g/mol. The largest absolute Gasteiger partial charge is 0.417 e. The molecule has 0 N–H and O–H groups in total. The molecule has 0 unspecified atom stereocenters. The highest BCUT2D eigenvalue weighted by molar-refractivity contribution is 7.99. The van der Waals surface area contributed by atoms with Crippen molar-refractivity contribution in [1.29, 1.82) is 0 Å². The molecule has 8 nitrogen and oxygen atoms in total. The van der Waals surface area contributed by atoms with Crippen molar-refractivity contribution in [3.8, 4) is 11.1 Å². The fourth-order valence-electron chi connectivity index (χ4n) is 5.94. The summed E-state index contributed by atoms with van der Waals surface area (Å²) in [6.07, 6.45) is -4.05. The van der Waals surface area contributed by atoms with Gasteiger partial charge in [-0.15, -0.1) is 11.8 Å². The van der Waals surface area contributed by atoms with Gasteiger partial charge < -0.3 is 19.3 Å². The molecule has 1 amide bonds. The van der Waals surface area contributed by atoms with E-state index in [0.717, 1.165) is 18.2 Å². The Morgan fingerprint density at radius 1 is 1.14 bits per heavy atom. The summed E-state index contributed by atoms with van der Waals surface area (Å²) in [7, 11) is 1.53. The number of amides is 1. The molecule has 1 fully saturated rings. The average Bonchev–Trinajstić information content (AvgIpc) is 3.15. The summed E-state index contributed by atoms with van der Waals surface area (Å²) in [5.41, 5.74) is -1.18. The number of carbonyl (C=O) groups excluding carboxylic acids is 1. The molecule has 0 saturated carbocycles. The van der Waals surface area contributed by atoms with Crippen LogP contribution in [-0.2, 0) is 27.0 Å². The van der Waals surface area contributed by atoms with Crippen molar-refractivity contribution in [2.45, 2.75) is 49.7 Å². The van der Waals surface area contributed by atoms with Gasteiger partial charge in [0.05, 0.1) is 36.9 Å². The van der Waals surface area contributed by atoms with Crippen molar-refractivity contribution in [3.05, 3.63) is 64.9 Å². The first-order valence-electron chi connectivity index (χ1n) is 13.8. The minimum atomic E-state index is -4.77. The van der Waals surface area contributed by atoms with Crippen LogP contribution in [0.15, 0.2) is 52.7 Å². The molecule has 0 spiro atoms. The van der Waals surface area contributed by atoms with E-state index in [4.69, 9.17) is 9.47 Å². The van der Waals surface area contributed by atoms with Crippen LogP contribution in [0, 0.1) is 5.82 Å². The van der Waals surface area contributed by atoms with Gasteiger partial charge in [0.25, 0.3) is 0 Å². The number of halogens is 4. The normalized spacial score (nSPS) is 20.8. The van der Waals surface area contributed by atoms with Crippen LogP contribution in [0.2, 0.25) is 0 Å². The van der Waals surface area contributed by atoms with Gasteiger partial charge >= 0.3 is 11.9 Å². The van der Waals surface area contributed by atoms with E-state index in [0.29, 0.717) is 12.1 Å². The Kier molecular flexibility index (Phi) is 8.87. The van der Waals surface area contributed by atoms with E-state index in [1.165, 1.54) is 41.6 Å². The molecule has 3 aromatic rings. The van der Waals surface area contributed by atoms with Gasteiger partial charge in [0.15, 0.2) is 0 Å². The van der Waals surface area contributed by atoms with E-state index in [-0.39, 0.29) is 77.2 Å². The summed E-state index contributed by atoms with van der Waals surface area (Å²) in [6, 6.07) is 5.24. The molecule has 0 radical (unpaired) electrons. The van der Waals surface area contributed by atoms with Gasteiger partial charge in [-0.1, -0.05) is 18.7 Å². The Bertz CT molecular complexity index is 1580. The third-order valence-electron chi connectivity index (χ3n) is 7.73. The van der Waals surface area contributed by atoms with Crippen LogP contribution >= 0.6 is 11.8 Å². The highest BCUT2D eigenvalue weighted by Crippen LogP contribution is 2.48. The van der Waals surface area contributed by atoms with Gasteiger partial charge in [-0.2, -0.15) is 18.2 Å². The topological polar surface area (TPSA) is 76.9 Å². The molecule has 3 atom stereocenters. The number of ether oxygens (including phenoxy) is 2. The van der Waals surface area contributed by atoms with E-state index in [9.17, 15) is 27.2 Å². The van der Waals surface area contributed by atoms with Crippen molar-refractivity contribution >= 4 is 34.4 Å². The number of benzene rings is 2. The Morgan fingerprint density at radius 2 is 1.81 bits per heavy atom. The van der Waals surface area contributed by atoms with Crippen molar-refractivity contribution in [2.24, 2.45) is 0 Å². The molecule has 43 heavy (non-hydrogen) atoms. The quantitative estimate of drug-likeness (QED) is 0.210. The molecule has 1 saturated heterocycles. The number of piperazine rings is 1. The standard InChI is InChI=1S/C30H32F4N4O4S/c1-5-24(39)38-17(2)13-36(14-18(38)3)28-22-12-23(30(32,33)34)25(19-6-8-20(31)9-7-19)27-26(22)37(29(40)35-28)15-21(16-43-27)42-11-10-41-4/h5-9,12,17-18,21H,1,10-11,13-16H2,2-4H3/t17-,18+,21-/m0/s1. The summed E-state index contributed by atoms with van der Waals surface area (Å²) in [4.78, 5) is 34.2. The lowest BCUT2D eigenvalue weighted by Crippen LogP contribution is -2.58. The minimum absolute atomic E-state index is 0.0783. The fraction of sp³-hybridized carbons (Fsp3) is 0.433. The molecule has 2 aromatic carbocycles. The van der Waals surface area contributed by atoms with E-state index >= 15 is 0 Å². The average molecular weight is 621 g/mol. The van der Waals surface area contributed by atoms with E-state index in [1.54, 1.807) is 9.80 Å². The van der Waals surface area contributed by atoms with Gasteiger partial charge in [0, 0.05) is 53.9 Å². The van der Waals surface area contributed by atoms with Crippen LogP contribution in [0.3, 0.4) is 0 Å². The van der Waals surface area contributed by atoms with E-state index < -0.39 is 29.4 Å². The zero-order chi connectivity index (χ0) is 31.1. The molecule has 230 valence electrons. The number of nitrogens with zero attached hydrogens (tertiary/aromatic N) is 4. The molecule has 0 bridgehead atoms. The Balaban J connectivity index is 1.76. The highest BCUT2D eigenvalue weighted by Gasteiger charge is 2.39. The SMILES string of the molecule is C=CC(=O)N1[C@H](C)CN(c2nc(=O)n3c4c(c(-c5ccc(F)cc5)c(C(F)(F)F)cc24)SC[C@@H](OCCOC)C3)C[C@@H]1C. The van der Waals surface area contributed by atoms with Crippen LogP contribution < -0.4 is 10.6 Å². The molecule has 2 aliphatic rings. The lowest BCUT2D eigenvalue weighted by Gasteiger charge is -2.44. The highest BCUT2D eigenvalue weighted by atomic mass is 32.2. The summed E-state index contributed by atoms with van der Waals surface area (Å²) in [5.74, 6) is -0.442. The number of hydrogen-bond acceptors (Lipinski definition) is 7. The first-order chi connectivity index (χ1) is 20.4. The molecule has 5 rings (SSSR count). The molecule has 1 aromatic heterocycles. The molecule has 13 heteroatoms. The molecule has 3 heterocycles. The summed E-state index contributed by atoms with van der Waals surface area (Å²) in [5, 5.41) is 0.167. The van der Waals surface area contributed by atoms with Crippen molar-refractivity contribution in [3.63, 3.8) is 0 Å². The minimum Gasteiger partial charge on any atom is -0.382 e. The number of hydrogen-bond donors (Lipinski definition) is 0. The zero-order valence-electron chi connectivity index (χ0n) is 24.0. The smallest absolute Gasteiger partial charge is 0.382 e. The fourth-order valence-corrected chi connectivity index (χ4v) is 7.22. The third-order valence-corrected chi connectivity index (χ3v) is 8.95. The van der Waals surface area contributed by atoms with E-state index in [1.807, 2.05) is 13.8 Å². The Labute approximate surface area is 250 Å². The maximum absolute atomic E-state index is 14.8. The number of carbonyl (C=O) groups is 1. The van der Waals surface area contributed by atoms with Gasteiger partial charge in [-0.25, -0.2) is 9.18 Å². The number of methoxy groups -OCH3 is 1. The lowest BCUT2D eigenvalue weighted by molar-refractivity contribution is -0.137. The van der Waals surface area contributed by atoms with Crippen molar-refractivity contribution in [1.82, 2.24) is 14.5 Å². The molecular formula is C30H32F4N4O4S. The van der Waals surface area contributed by atoms with Gasteiger partial charge in [-0.3, -0.25) is 9.36 Å². The number of aromatic nitrogens is 2. The monoisotopic (exact) mass is 620 g/mol. The van der Waals surface area contributed by atoms with Crippen LogP contribution in [0.4, 0.5) is 23.4 Å². The van der Waals surface area contributed by atoms with Crippen LogP contribution in [0.5, 0.6) is 0 Å². The number of thioether (sulfide) groups is 1. The van der Waals surface area contributed by atoms with Gasteiger partial charge in [-0.05, 0) is 43.7 Å². The summed E-state index contributed by atoms with van der Waals surface area (Å²) < 4.78 is 70.7. The Morgan fingerprint density at radius 3 is 2.42 bits per heavy atom. The third kappa shape index (κ3) is 6.02. The van der Waals surface area contributed by atoms with Gasteiger partial charge in [0.1, 0.15) is 11.6 Å². The van der Waals surface area contributed by atoms with Crippen molar-refractivity contribution in [2.75, 3.05) is 44.1 Å². The zero-order valence-corrected chi connectivity index (χ0v) is 24.8. The first-order valence-corrected chi connectivity index (χ1v) is 14.8. The molecule has 0 aliphatic carbocycles.